The fraction of sp³-hybridized carbons (Fsp3) is 0.143. The van der Waals surface area contributed by atoms with Gasteiger partial charge in [0.05, 0.1) is 4.47 Å². The molecule has 0 fully saturated rings. The Balaban J connectivity index is 3.35. The van der Waals surface area contributed by atoms with Gasteiger partial charge in [-0.3, -0.25) is 0 Å². The van der Waals surface area contributed by atoms with Crippen LogP contribution in [0.15, 0.2) is 10.5 Å². The molecule has 4 heteroatoms. The van der Waals surface area contributed by atoms with Gasteiger partial charge in [0.1, 0.15) is 16.9 Å². The Hall–Kier alpha value is -0.590. The van der Waals surface area contributed by atoms with E-state index in [4.69, 9.17) is 16.9 Å². The number of rotatable bonds is 0. The quantitative estimate of drug-likeness (QED) is 0.644. The second kappa shape index (κ2) is 3.21. The molecule has 1 rings (SSSR count). The Kier molecular flexibility index (Phi) is 2.48. The number of aromatic nitrogens is 1. The molecule has 0 amide bonds. The minimum atomic E-state index is 0.326. The van der Waals surface area contributed by atoms with Gasteiger partial charge in [0, 0.05) is 0 Å². The molecule has 0 saturated carbocycles. The van der Waals surface area contributed by atoms with Crippen LogP contribution in [0, 0.1) is 18.3 Å². The monoisotopic (exact) mass is 230 g/mol. The number of aryl methyl sites for hydroxylation is 1. The van der Waals surface area contributed by atoms with Crippen LogP contribution in [-0.4, -0.2) is 4.98 Å². The Morgan fingerprint density at radius 3 is 2.91 bits per heavy atom. The molecule has 0 aromatic carbocycles. The van der Waals surface area contributed by atoms with E-state index in [1.807, 2.05) is 13.0 Å². The molecule has 0 aliphatic heterocycles. The smallest absolute Gasteiger partial charge is 0.145 e. The molecular formula is C7H4BrClN2. The third-order valence-corrected chi connectivity index (χ3v) is 2.35. The number of hydrogen-bond donors (Lipinski definition) is 0. The van der Waals surface area contributed by atoms with Gasteiger partial charge in [-0.2, -0.15) is 5.26 Å². The van der Waals surface area contributed by atoms with E-state index < -0.39 is 0 Å². The van der Waals surface area contributed by atoms with Crippen molar-refractivity contribution >= 4 is 27.5 Å². The predicted molar refractivity (Wildman–Crippen MR) is 46.4 cm³/mol. The van der Waals surface area contributed by atoms with Crippen molar-refractivity contribution in [3.05, 3.63) is 26.9 Å². The van der Waals surface area contributed by atoms with Crippen molar-refractivity contribution in [1.82, 2.24) is 4.98 Å². The molecule has 0 radical (unpaired) electrons. The molecule has 0 unspecified atom stereocenters. The van der Waals surface area contributed by atoms with Gasteiger partial charge in [-0.25, -0.2) is 4.98 Å². The fourth-order valence-electron chi connectivity index (χ4n) is 0.671. The lowest BCUT2D eigenvalue weighted by atomic mass is 10.2. The van der Waals surface area contributed by atoms with Gasteiger partial charge < -0.3 is 0 Å². The summed E-state index contributed by atoms with van der Waals surface area (Å²) in [7, 11) is 0. The molecule has 0 atom stereocenters. The van der Waals surface area contributed by atoms with Crippen molar-refractivity contribution in [3.63, 3.8) is 0 Å². The van der Waals surface area contributed by atoms with Crippen LogP contribution < -0.4 is 0 Å². The number of nitrogens with zero attached hydrogens (tertiary/aromatic N) is 2. The van der Waals surface area contributed by atoms with Crippen LogP contribution in [-0.2, 0) is 0 Å². The Labute approximate surface area is 77.9 Å². The Morgan fingerprint density at radius 2 is 2.36 bits per heavy atom. The third-order valence-electron chi connectivity index (χ3n) is 1.23. The van der Waals surface area contributed by atoms with E-state index in [2.05, 4.69) is 20.9 Å². The summed E-state index contributed by atoms with van der Waals surface area (Å²) < 4.78 is 0.718. The van der Waals surface area contributed by atoms with E-state index in [0.717, 1.165) is 10.0 Å². The molecule has 11 heavy (non-hydrogen) atoms. The lowest BCUT2D eigenvalue weighted by Crippen LogP contribution is -1.88. The minimum absolute atomic E-state index is 0.326. The highest BCUT2D eigenvalue weighted by atomic mass is 79.9. The van der Waals surface area contributed by atoms with Crippen molar-refractivity contribution in [2.24, 2.45) is 0 Å². The highest BCUT2D eigenvalue weighted by Gasteiger charge is 2.03. The van der Waals surface area contributed by atoms with Gasteiger partial charge in [-0.1, -0.05) is 11.6 Å². The van der Waals surface area contributed by atoms with Crippen molar-refractivity contribution in [2.75, 3.05) is 0 Å². The van der Waals surface area contributed by atoms with E-state index in [9.17, 15) is 0 Å². The lowest BCUT2D eigenvalue weighted by molar-refractivity contribution is 1.20. The van der Waals surface area contributed by atoms with E-state index >= 15 is 0 Å². The van der Waals surface area contributed by atoms with Crippen LogP contribution in [0.1, 0.15) is 11.3 Å². The highest BCUT2D eigenvalue weighted by Crippen LogP contribution is 2.22. The molecule has 0 N–H and O–H groups in total. The van der Waals surface area contributed by atoms with Crippen LogP contribution in [0.25, 0.3) is 0 Å². The predicted octanol–water partition coefficient (Wildman–Crippen LogP) is 2.68. The minimum Gasteiger partial charge on any atom is -0.224 e. The number of nitriles is 1. The maximum Gasteiger partial charge on any atom is 0.145 e. The fourth-order valence-corrected chi connectivity index (χ4v) is 1.24. The van der Waals surface area contributed by atoms with E-state index in [0.29, 0.717) is 10.8 Å². The van der Waals surface area contributed by atoms with Crippen molar-refractivity contribution in [2.45, 2.75) is 6.92 Å². The normalized spacial score (nSPS) is 9.27. The average Bonchev–Trinajstić information content (AvgIpc) is 1.97. The first-order chi connectivity index (χ1) is 5.15. The van der Waals surface area contributed by atoms with Gasteiger partial charge in [0.25, 0.3) is 0 Å². The first kappa shape index (κ1) is 8.51. The summed E-state index contributed by atoms with van der Waals surface area (Å²) in [6, 6.07) is 3.72. The maximum atomic E-state index is 8.55. The van der Waals surface area contributed by atoms with Gasteiger partial charge in [-0.05, 0) is 34.5 Å². The van der Waals surface area contributed by atoms with Gasteiger partial charge in [0.2, 0.25) is 0 Å². The van der Waals surface area contributed by atoms with Crippen LogP contribution in [0.5, 0.6) is 0 Å². The summed E-state index contributed by atoms with van der Waals surface area (Å²) in [6.45, 7) is 1.81. The third kappa shape index (κ3) is 1.70. The molecule has 2 nitrogen and oxygen atoms in total. The van der Waals surface area contributed by atoms with Crippen molar-refractivity contribution in [1.29, 1.82) is 5.26 Å². The molecule has 56 valence electrons. The van der Waals surface area contributed by atoms with E-state index in [1.165, 1.54) is 0 Å². The SMILES string of the molecule is Cc1cc(Br)c(Cl)nc1C#N. The standard InChI is InChI=1S/C7H4BrClN2/c1-4-2-5(8)7(9)11-6(4)3-10/h2H,1H3. The number of hydrogen-bond acceptors (Lipinski definition) is 2. The molecule has 0 bridgehead atoms. The molecule has 1 aromatic rings. The maximum absolute atomic E-state index is 8.55. The first-order valence-corrected chi connectivity index (χ1v) is 4.05. The summed E-state index contributed by atoms with van der Waals surface area (Å²) in [5, 5.41) is 8.87. The number of pyridine rings is 1. The molecule has 0 spiro atoms. The second-order valence-corrected chi connectivity index (χ2v) is 3.25. The van der Waals surface area contributed by atoms with Gasteiger partial charge >= 0.3 is 0 Å². The molecule has 1 aromatic heterocycles. The molecule has 0 aliphatic rings. The zero-order chi connectivity index (χ0) is 8.43. The summed E-state index contributed by atoms with van der Waals surface area (Å²) in [5.41, 5.74) is 1.20. The van der Waals surface area contributed by atoms with E-state index in [-0.39, 0.29) is 0 Å². The molecule has 0 saturated heterocycles. The summed E-state index contributed by atoms with van der Waals surface area (Å²) in [5.74, 6) is 0. The second-order valence-electron chi connectivity index (χ2n) is 2.04. The van der Waals surface area contributed by atoms with Crippen LogP contribution in [0.3, 0.4) is 0 Å². The summed E-state index contributed by atoms with van der Waals surface area (Å²) >= 11 is 8.86. The molecular weight excluding hydrogens is 227 g/mol. The van der Waals surface area contributed by atoms with Crippen molar-refractivity contribution in [3.8, 4) is 6.07 Å². The Morgan fingerprint density at radius 1 is 1.73 bits per heavy atom. The Bertz CT molecular complexity index is 330. The topological polar surface area (TPSA) is 36.7 Å². The zero-order valence-corrected chi connectivity index (χ0v) is 8.07. The lowest BCUT2D eigenvalue weighted by Gasteiger charge is -1.98. The molecule has 1 heterocycles. The van der Waals surface area contributed by atoms with Crippen molar-refractivity contribution < 1.29 is 0 Å². The largest absolute Gasteiger partial charge is 0.224 e. The van der Waals surface area contributed by atoms with Crippen LogP contribution in [0.2, 0.25) is 5.15 Å². The zero-order valence-electron chi connectivity index (χ0n) is 5.73. The number of halogens is 2. The van der Waals surface area contributed by atoms with Gasteiger partial charge in [0.15, 0.2) is 0 Å². The highest BCUT2D eigenvalue weighted by molar-refractivity contribution is 9.10. The van der Waals surface area contributed by atoms with Crippen LogP contribution in [0.4, 0.5) is 0 Å². The summed E-state index contributed by atoms with van der Waals surface area (Å²) in [4.78, 5) is 3.85. The first-order valence-electron chi connectivity index (χ1n) is 2.88. The summed E-state index contributed by atoms with van der Waals surface area (Å²) in [6.07, 6.45) is 0. The van der Waals surface area contributed by atoms with E-state index in [1.54, 1.807) is 6.07 Å². The van der Waals surface area contributed by atoms with Gasteiger partial charge in [-0.15, -0.1) is 0 Å². The van der Waals surface area contributed by atoms with Crippen LogP contribution >= 0.6 is 27.5 Å². The average molecular weight is 231 g/mol. The molecule has 0 aliphatic carbocycles.